The summed E-state index contributed by atoms with van der Waals surface area (Å²) in [5, 5.41) is 4.10. The van der Waals surface area contributed by atoms with Gasteiger partial charge in [-0.15, -0.1) is 0 Å². The van der Waals surface area contributed by atoms with Gasteiger partial charge in [0.05, 0.1) is 31.5 Å². The molecule has 1 aliphatic heterocycles. The topological polar surface area (TPSA) is 47.4 Å². The molecule has 1 aliphatic rings. The lowest BCUT2D eigenvalue weighted by atomic mass is 10.2. The standard InChI is InChI=1S/C11H17N3O2/c1-2-14-8-10(7-12-14)11(15)9-13-3-5-16-6-4-13/h7-8H,2-6,9H2,1H3. The zero-order valence-electron chi connectivity index (χ0n) is 9.56. The molecule has 16 heavy (non-hydrogen) atoms. The Balaban J connectivity index is 1.91. The molecule has 1 fully saturated rings. The number of aromatic nitrogens is 2. The minimum Gasteiger partial charge on any atom is -0.379 e. The fourth-order valence-corrected chi connectivity index (χ4v) is 1.73. The van der Waals surface area contributed by atoms with Gasteiger partial charge in [0.2, 0.25) is 0 Å². The summed E-state index contributed by atoms with van der Waals surface area (Å²) in [6, 6.07) is 0. The molecular formula is C11H17N3O2. The average molecular weight is 223 g/mol. The Morgan fingerprint density at radius 3 is 2.88 bits per heavy atom. The van der Waals surface area contributed by atoms with Gasteiger partial charge >= 0.3 is 0 Å². The largest absolute Gasteiger partial charge is 0.379 e. The SMILES string of the molecule is CCn1cc(C(=O)CN2CCOCC2)cn1. The molecule has 0 spiro atoms. The van der Waals surface area contributed by atoms with Crippen LogP contribution in [0.2, 0.25) is 0 Å². The van der Waals surface area contributed by atoms with Gasteiger partial charge in [0.25, 0.3) is 0 Å². The molecule has 2 rings (SSSR count). The molecule has 0 amide bonds. The molecule has 0 atom stereocenters. The Morgan fingerprint density at radius 1 is 1.50 bits per heavy atom. The van der Waals surface area contributed by atoms with Crippen molar-refractivity contribution >= 4 is 5.78 Å². The van der Waals surface area contributed by atoms with Gasteiger partial charge in [-0.05, 0) is 6.92 Å². The second kappa shape index (κ2) is 5.23. The molecule has 5 nitrogen and oxygen atoms in total. The van der Waals surface area contributed by atoms with Crippen LogP contribution in [-0.4, -0.2) is 53.3 Å². The van der Waals surface area contributed by atoms with Gasteiger partial charge in [0, 0.05) is 25.8 Å². The Hall–Kier alpha value is -1.20. The summed E-state index contributed by atoms with van der Waals surface area (Å²) in [6.45, 7) is 6.40. The number of nitrogens with zero attached hydrogens (tertiary/aromatic N) is 3. The second-order valence-electron chi connectivity index (χ2n) is 3.90. The third-order valence-corrected chi connectivity index (χ3v) is 2.75. The zero-order chi connectivity index (χ0) is 11.4. The van der Waals surface area contributed by atoms with Crippen molar-refractivity contribution < 1.29 is 9.53 Å². The lowest BCUT2D eigenvalue weighted by Crippen LogP contribution is -2.39. The van der Waals surface area contributed by atoms with Crippen LogP contribution in [0.15, 0.2) is 12.4 Å². The minimum absolute atomic E-state index is 0.140. The number of morpholine rings is 1. The summed E-state index contributed by atoms with van der Waals surface area (Å²) in [4.78, 5) is 14.0. The summed E-state index contributed by atoms with van der Waals surface area (Å²) in [5.74, 6) is 0.140. The van der Waals surface area contributed by atoms with Gasteiger partial charge < -0.3 is 4.74 Å². The lowest BCUT2D eigenvalue weighted by molar-refractivity contribution is 0.0371. The number of ether oxygens (including phenoxy) is 1. The normalized spacial score (nSPS) is 17.6. The second-order valence-corrected chi connectivity index (χ2v) is 3.90. The number of hydrogen-bond acceptors (Lipinski definition) is 4. The number of carbonyl (C=O) groups is 1. The van der Waals surface area contributed by atoms with E-state index in [4.69, 9.17) is 4.74 Å². The maximum Gasteiger partial charge on any atom is 0.179 e. The van der Waals surface area contributed by atoms with Gasteiger partial charge in [0.15, 0.2) is 5.78 Å². The van der Waals surface area contributed by atoms with Crippen molar-refractivity contribution in [3.8, 4) is 0 Å². The van der Waals surface area contributed by atoms with Crippen molar-refractivity contribution in [3.05, 3.63) is 18.0 Å². The molecule has 5 heteroatoms. The molecule has 0 aromatic carbocycles. The summed E-state index contributed by atoms with van der Waals surface area (Å²) in [7, 11) is 0. The van der Waals surface area contributed by atoms with Crippen molar-refractivity contribution in [3.63, 3.8) is 0 Å². The van der Waals surface area contributed by atoms with Crippen molar-refractivity contribution in [2.45, 2.75) is 13.5 Å². The highest BCUT2D eigenvalue weighted by molar-refractivity contribution is 5.97. The predicted molar refractivity (Wildman–Crippen MR) is 59.5 cm³/mol. The highest BCUT2D eigenvalue weighted by Crippen LogP contribution is 2.03. The fraction of sp³-hybridized carbons (Fsp3) is 0.636. The quantitative estimate of drug-likeness (QED) is 0.694. The van der Waals surface area contributed by atoms with Crippen LogP contribution in [0.1, 0.15) is 17.3 Å². The molecule has 2 heterocycles. The predicted octanol–water partition coefficient (Wildman–Crippen LogP) is 0.418. The summed E-state index contributed by atoms with van der Waals surface area (Å²) >= 11 is 0. The van der Waals surface area contributed by atoms with Crippen LogP contribution in [0.4, 0.5) is 0 Å². The average Bonchev–Trinajstić information content (AvgIpc) is 2.79. The van der Waals surface area contributed by atoms with Crippen molar-refractivity contribution in [2.24, 2.45) is 0 Å². The van der Waals surface area contributed by atoms with E-state index in [-0.39, 0.29) is 5.78 Å². The monoisotopic (exact) mass is 223 g/mol. The number of rotatable bonds is 4. The summed E-state index contributed by atoms with van der Waals surface area (Å²) < 4.78 is 7.01. The van der Waals surface area contributed by atoms with E-state index in [1.165, 1.54) is 0 Å². The molecule has 1 aromatic rings. The number of aryl methyl sites for hydroxylation is 1. The van der Waals surface area contributed by atoms with E-state index in [9.17, 15) is 4.79 Å². The van der Waals surface area contributed by atoms with Gasteiger partial charge in [-0.1, -0.05) is 0 Å². The van der Waals surface area contributed by atoms with E-state index >= 15 is 0 Å². The Kier molecular flexibility index (Phi) is 3.69. The van der Waals surface area contributed by atoms with Gasteiger partial charge in [-0.3, -0.25) is 14.4 Å². The zero-order valence-corrected chi connectivity index (χ0v) is 9.56. The van der Waals surface area contributed by atoms with Gasteiger partial charge in [-0.2, -0.15) is 5.10 Å². The third kappa shape index (κ3) is 2.68. The first-order chi connectivity index (χ1) is 7.79. The Bertz CT molecular complexity index is 356. The third-order valence-electron chi connectivity index (χ3n) is 2.75. The molecule has 0 N–H and O–H groups in total. The number of carbonyl (C=O) groups excluding carboxylic acids is 1. The molecular weight excluding hydrogens is 206 g/mol. The van der Waals surface area contributed by atoms with Crippen molar-refractivity contribution in [1.82, 2.24) is 14.7 Å². The summed E-state index contributed by atoms with van der Waals surface area (Å²) in [5.41, 5.74) is 0.702. The molecule has 88 valence electrons. The number of Topliss-reactive ketones (excluding diaryl/α,β-unsaturated/α-hetero) is 1. The molecule has 0 aliphatic carbocycles. The summed E-state index contributed by atoms with van der Waals surface area (Å²) in [6.07, 6.45) is 3.45. The highest BCUT2D eigenvalue weighted by atomic mass is 16.5. The molecule has 0 bridgehead atoms. The van der Waals surface area contributed by atoms with E-state index < -0.39 is 0 Å². The highest BCUT2D eigenvalue weighted by Gasteiger charge is 2.16. The maximum absolute atomic E-state index is 11.9. The van der Waals surface area contributed by atoms with E-state index in [2.05, 4.69) is 10.00 Å². The van der Waals surface area contributed by atoms with Crippen LogP contribution >= 0.6 is 0 Å². The lowest BCUT2D eigenvalue weighted by Gasteiger charge is -2.25. The number of hydrogen-bond donors (Lipinski definition) is 0. The van der Waals surface area contributed by atoms with Crippen LogP contribution in [-0.2, 0) is 11.3 Å². The Morgan fingerprint density at radius 2 is 2.25 bits per heavy atom. The van der Waals surface area contributed by atoms with Crippen LogP contribution < -0.4 is 0 Å². The van der Waals surface area contributed by atoms with Crippen LogP contribution in [0, 0.1) is 0 Å². The molecule has 1 aromatic heterocycles. The van der Waals surface area contributed by atoms with E-state index in [1.807, 2.05) is 13.1 Å². The van der Waals surface area contributed by atoms with E-state index in [0.29, 0.717) is 12.1 Å². The van der Waals surface area contributed by atoms with Gasteiger partial charge in [0.1, 0.15) is 0 Å². The van der Waals surface area contributed by atoms with Crippen molar-refractivity contribution in [1.29, 1.82) is 0 Å². The van der Waals surface area contributed by atoms with Gasteiger partial charge in [-0.25, -0.2) is 0 Å². The molecule has 0 unspecified atom stereocenters. The van der Waals surface area contributed by atoms with Crippen LogP contribution in [0.5, 0.6) is 0 Å². The first-order valence-corrected chi connectivity index (χ1v) is 5.65. The maximum atomic E-state index is 11.9. The van der Waals surface area contributed by atoms with E-state index in [0.717, 1.165) is 32.8 Å². The van der Waals surface area contributed by atoms with Crippen LogP contribution in [0.25, 0.3) is 0 Å². The molecule has 1 saturated heterocycles. The number of ketones is 1. The first-order valence-electron chi connectivity index (χ1n) is 5.65. The van der Waals surface area contributed by atoms with Crippen molar-refractivity contribution in [2.75, 3.05) is 32.8 Å². The molecule has 0 saturated carbocycles. The Labute approximate surface area is 95.0 Å². The minimum atomic E-state index is 0.140. The van der Waals surface area contributed by atoms with Crippen LogP contribution in [0.3, 0.4) is 0 Å². The fourth-order valence-electron chi connectivity index (χ4n) is 1.73. The smallest absolute Gasteiger partial charge is 0.179 e. The van der Waals surface area contributed by atoms with E-state index in [1.54, 1.807) is 10.9 Å². The first kappa shape index (κ1) is 11.3. The molecule has 0 radical (unpaired) electrons.